The molecular formula is C20H20ClN3. The van der Waals surface area contributed by atoms with Gasteiger partial charge in [-0.3, -0.25) is 4.90 Å². The zero-order valence-corrected chi connectivity index (χ0v) is 14.3. The Balaban J connectivity index is 1.51. The lowest BCUT2D eigenvalue weighted by Crippen LogP contribution is -2.27. The molecule has 122 valence electrons. The second-order valence-corrected chi connectivity index (χ2v) is 7.52. The van der Waals surface area contributed by atoms with E-state index in [0.717, 1.165) is 30.2 Å². The summed E-state index contributed by atoms with van der Waals surface area (Å²) >= 11 is 6.16. The fourth-order valence-electron chi connectivity index (χ4n) is 4.41. The average Bonchev–Trinajstić information content (AvgIpc) is 2.77. The van der Waals surface area contributed by atoms with Crippen molar-refractivity contribution in [3.8, 4) is 0 Å². The normalized spacial score (nSPS) is 23.4. The van der Waals surface area contributed by atoms with Crippen molar-refractivity contribution >= 4 is 22.6 Å². The summed E-state index contributed by atoms with van der Waals surface area (Å²) in [5.41, 5.74) is 3.68. The van der Waals surface area contributed by atoms with E-state index in [1.54, 1.807) is 0 Å². The number of fused-ring (bicyclic) bond motifs is 4. The van der Waals surface area contributed by atoms with Crippen molar-refractivity contribution in [1.29, 1.82) is 0 Å². The number of aromatic nitrogens is 2. The Labute approximate surface area is 146 Å². The summed E-state index contributed by atoms with van der Waals surface area (Å²) in [6, 6.07) is 17.4. The van der Waals surface area contributed by atoms with Gasteiger partial charge in [-0.05, 0) is 36.6 Å². The van der Waals surface area contributed by atoms with Crippen LogP contribution in [-0.4, -0.2) is 27.5 Å². The third-order valence-corrected chi connectivity index (χ3v) is 5.69. The first-order valence-corrected chi connectivity index (χ1v) is 9.09. The van der Waals surface area contributed by atoms with Crippen LogP contribution in [0.4, 0.5) is 0 Å². The Kier molecular flexibility index (Phi) is 3.39. The smallest absolute Gasteiger partial charge is 0.114 e. The second-order valence-electron chi connectivity index (χ2n) is 7.08. The molecule has 0 aliphatic carbocycles. The number of benzene rings is 2. The lowest BCUT2D eigenvalue weighted by Gasteiger charge is -2.26. The van der Waals surface area contributed by atoms with E-state index in [1.165, 1.54) is 29.7 Å². The minimum absolute atomic E-state index is 0.522. The lowest BCUT2D eigenvalue weighted by atomic mass is 9.96. The molecule has 2 aromatic carbocycles. The van der Waals surface area contributed by atoms with Crippen LogP contribution >= 0.6 is 11.6 Å². The molecule has 3 nitrogen and oxygen atoms in total. The molecule has 2 atom stereocenters. The van der Waals surface area contributed by atoms with Gasteiger partial charge in [-0.1, -0.05) is 41.9 Å². The van der Waals surface area contributed by atoms with Gasteiger partial charge in [0.2, 0.25) is 0 Å². The first-order valence-electron chi connectivity index (χ1n) is 8.71. The Hall–Kier alpha value is -1.84. The van der Waals surface area contributed by atoms with E-state index in [1.807, 2.05) is 12.1 Å². The Morgan fingerprint density at radius 2 is 1.92 bits per heavy atom. The van der Waals surface area contributed by atoms with Crippen LogP contribution in [-0.2, 0) is 6.54 Å². The number of hydrogen-bond acceptors (Lipinski definition) is 2. The van der Waals surface area contributed by atoms with Crippen molar-refractivity contribution in [1.82, 2.24) is 14.5 Å². The van der Waals surface area contributed by atoms with Crippen LogP contribution in [0, 0.1) is 0 Å². The van der Waals surface area contributed by atoms with Gasteiger partial charge in [0.25, 0.3) is 0 Å². The van der Waals surface area contributed by atoms with Crippen LogP contribution in [0.25, 0.3) is 11.0 Å². The topological polar surface area (TPSA) is 21.1 Å². The first kappa shape index (κ1) is 14.5. The van der Waals surface area contributed by atoms with Crippen molar-refractivity contribution in [2.45, 2.75) is 31.3 Å². The molecule has 1 aromatic heterocycles. The van der Waals surface area contributed by atoms with Crippen LogP contribution in [0.2, 0.25) is 5.02 Å². The van der Waals surface area contributed by atoms with E-state index in [2.05, 4.69) is 45.9 Å². The average molecular weight is 338 g/mol. The highest BCUT2D eigenvalue weighted by molar-refractivity contribution is 6.31. The van der Waals surface area contributed by atoms with Gasteiger partial charge in [-0.25, -0.2) is 4.98 Å². The molecule has 4 heterocycles. The maximum absolute atomic E-state index is 6.16. The zero-order chi connectivity index (χ0) is 16.1. The molecule has 3 aliphatic heterocycles. The molecule has 3 aromatic rings. The quantitative estimate of drug-likeness (QED) is 0.680. The molecule has 0 N–H and O–H groups in total. The van der Waals surface area contributed by atoms with E-state index < -0.39 is 0 Å². The van der Waals surface area contributed by atoms with Crippen molar-refractivity contribution in [2.75, 3.05) is 13.1 Å². The highest BCUT2D eigenvalue weighted by atomic mass is 35.5. The van der Waals surface area contributed by atoms with E-state index in [4.69, 9.17) is 16.6 Å². The summed E-state index contributed by atoms with van der Waals surface area (Å²) in [6.45, 7) is 3.23. The molecule has 0 amide bonds. The number of imidazole rings is 1. The zero-order valence-electron chi connectivity index (χ0n) is 13.5. The molecule has 24 heavy (non-hydrogen) atoms. The predicted molar refractivity (Wildman–Crippen MR) is 97.5 cm³/mol. The van der Waals surface area contributed by atoms with E-state index in [-0.39, 0.29) is 0 Å². The molecule has 6 rings (SSSR count). The molecule has 0 unspecified atom stereocenters. The Morgan fingerprint density at radius 1 is 1.04 bits per heavy atom. The van der Waals surface area contributed by atoms with Gasteiger partial charge < -0.3 is 4.57 Å². The van der Waals surface area contributed by atoms with Crippen LogP contribution in [0.15, 0.2) is 48.5 Å². The minimum atomic E-state index is 0.522. The highest BCUT2D eigenvalue weighted by Gasteiger charge is 2.36. The van der Waals surface area contributed by atoms with Gasteiger partial charge in [0, 0.05) is 36.6 Å². The number of rotatable bonds is 2. The predicted octanol–water partition coefficient (Wildman–Crippen LogP) is 4.62. The molecule has 0 spiro atoms. The SMILES string of the molecule is Clc1ccc2c(c1)nc1n2[C@H]2CC[C@@H]1CN(Cc1ccccc1)C2. The first-order chi connectivity index (χ1) is 11.8. The minimum Gasteiger partial charge on any atom is -0.323 e. The van der Waals surface area contributed by atoms with E-state index >= 15 is 0 Å². The molecular weight excluding hydrogens is 318 g/mol. The maximum atomic E-state index is 6.16. The molecule has 0 saturated carbocycles. The fraction of sp³-hybridized carbons (Fsp3) is 0.350. The molecule has 1 fully saturated rings. The van der Waals surface area contributed by atoms with Gasteiger partial charge >= 0.3 is 0 Å². The lowest BCUT2D eigenvalue weighted by molar-refractivity contribution is 0.252. The van der Waals surface area contributed by atoms with Crippen LogP contribution < -0.4 is 0 Å². The number of nitrogens with zero attached hydrogens (tertiary/aromatic N) is 3. The van der Waals surface area contributed by atoms with Gasteiger partial charge in [0.15, 0.2) is 0 Å². The molecule has 2 bridgehead atoms. The number of hydrogen-bond donors (Lipinski definition) is 0. The molecule has 1 saturated heterocycles. The third kappa shape index (κ3) is 2.35. The van der Waals surface area contributed by atoms with E-state index in [9.17, 15) is 0 Å². The Bertz CT molecular complexity index is 887. The van der Waals surface area contributed by atoms with E-state index in [0.29, 0.717) is 12.0 Å². The Morgan fingerprint density at radius 3 is 2.79 bits per heavy atom. The molecule has 3 aliphatic rings. The van der Waals surface area contributed by atoms with Crippen molar-refractivity contribution in [3.05, 3.63) is 64.9 Å². The third-order valence-electron chi connectivity index (χ3n) is 5.45. The fourth-order valence-corrected chi connectivity index (χ4v) is 4.58. The van der Waals surface area contributed by atoms with Crippen LogP contribution in [0.5, 0.6) is 0 Å². The summed E-state index contributed by atoms with van der Waals surface area (Å²) in [7, 11) is 0. The van der Waals surface area contributed by atoms with Crippen molar-refractivity contribution in [2.24, 2.45) is 0 Å². The van der Waals surface area contributed by atoms with Gasteiger partial charge in [-0.2, -0.15) is 0 Å². The highest BCUT2D eigenvalue weighted by Crippen LogP contribution is 2.41. The van der Waals surface area contributed by atoms with Crippen LogP contribution in [0.3, 0.4) is 0 Å². The monoisotopic (exact) mass is 337 g/mol. The summed E-state index contributed by atoms with van der Waals surface area (Å²) < 4.78 is 2.49. The van der Waals surface area contributed by atoms with Gasteiger partial charge in [0.1, 0.15) is 5.82 Å². The summed E-state index contributed by atoms with van der Waals surface area (Å²) in [4.78, 5) is 7.56. The second kappa shape index (κ2) is 5.61. The molecule has 0 radical (unpaired) electrons. The van der Waals surface area contributed by atoms with Gasteiger partial charge in [0.05, 0.1) is 11.0 Å². The maximum Gasteiger partial charge on any atom is 0.114 e. The van der Waals surface area contributed by atoms with Gasteiger partial charge in [-0.15, -0.1) is 0 Å². The number of halogens is 1. The largest absolute Gasteiger partial charge is 0.323 e. The summed E-state index contributed by atoms with van der Waals surface area (Å²) in [5.74, 6) is 1.79. The van der Waals surface area contributed by atoms with Crippen molar-refractivity contribution in [3.63, 3.8) is 0 Å². The standard InChI is InChI=1S/C20H20ClN3/c21-16-7-9-19-18(10-16)22-20-15-6-8-17(24(19)20)13-23(12-15)11-14-4-2-1-3-5-14/h1-5,7,9-10,15,17H,6,8,11-13H2/t15-,17+/m1/s1. The summed E-state index contributed by atoms with van der Waals surface area (Å²) in [5, 5.41) is 0.772. The van der Waals surface area contributed by atoms with Crippen LogP contribution in [0.1, 0.15) is 36.2 Å². The molecule has 4 heteroatoms. The summed E-state index contributed by atoms with van der Waals surface area (Å²) in [6.07, 6.45) is 2.49. The van der Waals surface area contributed by atoms with Crippen molar-refractivity contribution < 1.29 is 0 Å².